The molecule has 3 rings (SSSR count). The molecule has 18 heavy (non-hydrogen) atoms. The third kappa shape index (κ3) is 1.70. The highest BCUT2D eigenvalue weighted by Gasteiger charge is 2.10. The Morgan fingerprint density at radius 3 is 2.56 bits per heavy atom. The number of aromatic nitrogens is 2. The van der Waals surface area contributed by atoms with Crippen molar-refractivity contribution in [3.63, 3.8) is 0 Å². The van der Waals surface area contributed by atoms with Crippen molar-refractivity contribution in [1.29, 1.82) is 0 Å². The van der Waals surface area contributed by atoms with Crippen molar-refractivity contribution >= 4 is 10.9 Å². The molecule has 2 heterocycles. The SMILES string of the molecule is Cc1c(C)n(Cc2ccccn2)c2ccccc12. The van der Waals surface area contributed by atoms with Crippen LogP contribution in [0.15, 0.2) is 48.7 Å². The molecule has 2 heteroatoms. The molecule has 0 N–H and O–H groups in total. The van der Waals surface area contributed by atoms with Gasteiger partial charge in [0, 0.05) is 22.8 Å². The molecule has 0 saturated heterocycles. The standard InChI is InChI=1S/C16H16N2/c1-12-13(2)18(11-14-7-5-6-10-17-14)16-9-4-3-8-15(12)16/h3-10H,11H2,1-2H3. The van der Waals surface area contributed by atoms with E-state index in [0.29, 0.717) is 0 Å². The Bertz CT molecular complexity index is 681. The minimum atomic E-state index is 0.834. The molecule has 0 saturated carbocycles. The van der Waals surface area contributed by atoms with Gasteiger partial charge in [0.15, 0.2) is 0 Å². The van der Waals surface area contributed by atoms with Crippen molar-refractivity contribution in [3.8, 4) is 0 Å². The van der Waals surface area contributed by atoms with E-state index in [9.17, 15) is 0 Å². The second-order valence-electron chi connectivity index (χ2n) is 4.63. The van der Waals surface area contributed by atoms with Crippen molar-refractivity contribution in [2.24, 2.45) is 0 Å². The van der Waals surface area contributed by atoms with Gasteiger partial charge in [0.25, 0.3) is 0 Å². The molecule has 0 aliphatic rings. The number of rotatable bonds is 2. The fourth-order valence-corrected chi connectivity index (χ4v) is 2.46. The lowest BCUT2D eigenvalue weighted by Crippen LogP contribution is -2.03. The van der Waals surface area contributed by atoms with Gasteiger partial charge in [0.1, 0.15) is 0 Å². The number of aryl methyl sites for hydroxylation is 1. The van der Waals surface area contributed by atoms with Gasteiger partial charge in [-0.1, -0.05) is 24.3 Å². The fourth-order valence-electron chi connectivity index (χ4n) is 2.46. The second-order valence-corrected chi connectivity index (χ2v) is 4.63. The third-order valence-corrected chi connectivity index (χ3v) is 3.59. The Morgan fingerprint density at radius 2 is 1.78 bits per heavy atom. The Morgan fingerprint density at radius 1 is 1.00 bits per heavy atom. The molecule has 1 aromatic carbocycles. The molecule has 0 aliphatic heterocycles. The van der Waals surface area contributed by atoms with Crippen LogP contribution in [0.5, 0.6) is 0 Å². The van der Waals surface area contributed by atoms with Crippen molar-refractivity contribution in [1.82, 2.24) is 9.55 Å². The summed E-state index contributed by atoms with van der Waals surface area (Å²) in [6.07, 6.45) is 1.85. The van der Waals surface area contributed by atoms with Crippen LogP contribution < -0.4 is 0 Å². The first-order chi connectivity index (χ1) is 8.77. The zero-order valence-corrected chi connectivity index (χ0v) is 10.7. The molecular weight excluding hydrogens is 220 g/mol. The van der Waals surface area contributed by atoms with Crippen LogP contribution in [0.2, 0.25) is 0 Å². The molecule has 0 fully saturated rings. The zero-order valence-electron chi connectivity index (χ0n) is 10.7. The van der Waals surface area contributed by atoms with Crippen LogP contribution in [0.3, 0.4) is 0 Å². The Labute approximate surface area is 107 Å². The normalized spacial score (nSPS) is 11.0. The minimum absolute atomic E-state index is 0.834. The minimum Gasteiger partial charge on any atom is -0.339 e. The summed E-state index contributed by atoms with van der Waals surface area (Å²) in [7, 11) is 0. The van der Waals surface area contributed by atoms with Crippen LogP contribution >= 0.6 is 0 Å². The van der Waals surface area contributed by atoms with Crippen LogP contribution in [0, 0.1) is 13.8 Å². The van der Waals surface area contributed by atoms with Gasteiger partial charge in [-0.15, -0.1) is 0 Å². The largest absolute Gasteiger partial charge is 0.339 e. The molecular formula is C16H16N2. The number of pyridine rings is 1. The van der Waals surface area contributed by atoms with E-state index in [0.717, 1.165) is 12.2 Å². The highest BCUT2D eigenvalue weighted by Crippen LogP contribution is 2.25. The van der Waals surface area contributed by atoms with Gasteiger partial charge in [-0.25, -0.2) is 0 Å². The Kier molecular flexibility index (Phi) is 2.63. The van der Waals surface area contributed by atoms with E-state index in [-0.39, 0.29) is 0 Å². The van der Waals surface area contributed by atoms with E-state index in [1.807, 2.05) is 18.3 Å². The van der Waals surface area contributed by atoms with Crippen molar-refractivity contribution in [2.45, 2.75) is 20.4 Å². The predicted octanol–water partition coefficient (Wildman–Crippen LogP) is 3.70. The number of benzene rings is 1. The first kappa shape index (κ1) is 11.0. The van der Waals surface area contributed by atoms with Crippen LogP contribution in [0.1, 0.15) is 17.0 Å². The summed E-state index contributed by atoms with van der Waals surface area (Å²) in [6.45, 7) is 5.20. The number of fused-ring (bicyclic) bond motifs is 1. The molecule has 2 nitrogen and oxygen atoms in total. The van der Waals surface area contributed by atoms with Crippen LogP contribution in [-0.4, -0.2) is 9.55 Å². The predicted molar refractivity (Wildman–Crippen MR) is 74.8 cm³/mol. The van der Waals surface area contributed by atoms with Gasteiger partial charge in [0.2, 0.25) is 0 Å². The van der Waals surface area contributed by atoms with Gasteiger partial charge in [-0.05, 0) is 37.6 Å². The number of nitrogens with zero attached hydrogens (tertiary/aromatic N) is 2. The highest BCUT2D eigenvalue weighted by atomic mass is 15.0. The number of para-hydroxylation sites is 1. The topological polar surface area (TPSA) is 17.8 Å². The molecule has 0 bridgehead atoms. The van der Waals surface area contributed by atoms with Crippen molar-refractivity contribution < 1.29 is 0 Å². The molecule has 0 atom stereocenters. The molecule has 2 aromatic heterocycles. The smallest absolute Gasteiger partial charge is 0.0651 e. The van der Waals surface area contributed by atoms with E-state index >= 15 is 0 Å². The first-order valence-corrected chi connectivity index (χ1v) is 6.21. The quantitative estimate of drug-likeness (QED) is 0.663. The maximum absolute atomic E-state index is 4.41. The van der Waals surface area contributed by atoms with Crippen LogP contribution in [0.4, 0.5) is 0 Å². The van der Waals surface area contributed by atoms with E-state index in [1.54, 1.807) is 0 Å². The van der Waals surface area contributed by atoms with Crippen LogP contribution in [-0.2, 0) is 6.54 Å². The summed E-state index contributed by atoms with van der Waals surface area (Å²) < 4.78 is 2.34. The second kappa shape index (κ2) is 4.30. The number of hydrogen-bond acceptors (Lipinski definition) is 1. The molecule has 3 aromatic rings. The zero-order chi connectivity index (χ0) is 12.5. The lowest BCUT2D eigenvalue weighted by molar-refractivity contribution is 0.777. The van der Waals surface area contributed by atoms with E-state index in [4.69, 9.17) is 0 Å². The summed E-state index contributed by atoms with van der Waals surface area (Å²) >= 11 is 0. The fraction of sp³-hybridized carbons (Fsp3) is 0.188. The van der Waals surface area contributed by atoms with Gasteiger partial charge < -0.3 is 4.57 Å². The van der Waals surface area contributed by atoms with Gasteiger partial charge in [0.05, 0.1) is 12.2 Å². The lowest BCUT2D eigenvalue weighted by Gasteiger charge is -2.07. The third-order valence-electron chi connectivity index (χ3n) is 3.59. The van der Waals surface area contributed by atoms with Crippen molar-refractivity contribution in [2.75, 3.05) is 0 Å². The lowest BCUT2D eigenvalue weighted by atomic mass is 10.2. The van der Waals surface area contributed by atoms with Gasteiger partial charge in [-0.3, -0.25) is 4.98 Å². The summed E-state index contributed by atoms with van der Waals surface area (Å²) in [5.41, 5.74) is 5.07. The molecule has 0 radical (unpaired) electrons. The van der Waals surface area contributed by atoms with E-state index < -0.39 is 0 Å². The summed E-state index contributed by atoms with van der Waals surface area (Å²) in [5.74, 6) is 0. The van der Waals surface area contributed by atoms with Crippen molar-refractivity contribution in [3.05, 3.63) is 65.6 Å². The maximum Gasteiger partial charge on any atom is 0.0651 e. The monoisotopic (exact) mass is 236 g/mol. The molecule has 90 valence electrons. The summed E-state index contributed by atoms with van der Waals surface area (Å²) in [6, 6.07) is 14.6. The molecule has 0 spiro atoms. The highest BCUT2D eigenvalue weighted by molar-refractivity contribution is 5.85. The summed E-state index contributed by atoms with van der Waals surface area (Å²) in [4.78, 5) is 4.41. The molecule has 0 aliphatic carbocycles. The molecule has 0 amide bonds. The average molecular weight is 236 g/mol. The van der Waals surface area contributed by atoms with E-state index in [1.165, 1.54) is 22.2 Å². The summed E-state index contributed by atoms with van der Waals surface area (Å²) in [5, 5.41) is 1.34. The van der Waals surface area contributed by atoms with Gasteiger partial charge in [-0.2, -0.15) is 0 Å². The Hall–Kier alpha value is -2.09. The van der Waals surface area contributed by atoms with Gasteiger partial charge >= 0.3 is 0 Å². The Balaban J connectivity index is 2.15. The average Bonchev–Trinajstić information content (AvgIpc) is 2.66. The maximum atomic E-state index is 4.41. The molecule has 0 unspecified atom stereocenters. The van der Waals surface area contributed by atoms with Crippen LogP contribution in [0.25, 0.3) is 10.9 Å². The first-order valence-electron chi connectivity index (χ1n) is 6.21. The van der Waals surface area contributed by atoms with E-state index in [2.05, 4.69) is 53.7 Å². The number of hydrogen-bond donors (Lipinski definition) is 0.